The van der Waals surface area contributed by atoms with Crippen molar-refractivity contribution in [2.24, 2.45) is 0 Å². The maximum atomic E-state index is 9.62. The van der Waals surface area contributed by atoms with E-state index in [9.17, 15) is 4.79 Å². The van der Waals surface area contributed by atoms with E-state index in [1.54, 1.807) is 6.92 Å². The molecule has 0 aliphatic rings. The molecule has 1 radical (unpaired) electrons. The Morgan fingerprint density at radius 1 is 1.60 bits per heavy atom. The number of ether oxygens (including phenoxy) is 2. The minimum atomic E-state index is -0.455. The molecule has 0 fully saturated rings. The Hall–Kier alpha value is -0.570. The Labute approximate surface area is 61.3 Å². The van der Waals surface area contributed by atoms with Gasteiger partial charge in [-0.05, 0) is 13.3 Å². The van der Waals surface area contributed by atoms with E-state index >= 15 is 0 Å². The highest BCUT2D eigenvalue weighted by Gasteiger charge is 1.99. The predicted octanol–water partition coefficient (Wildman–Crippen LogP) is 1.23. The second-order valence-corrected chi connectivity index (χ2v) is 1.99. The molecule has 1 atom stereocenters. The topological polar surface area (TPSA) is 35.5 Å². The molecule has 1 unspecified atom stereocenters. The SMILES string of the molecule is CCCCOC(C)O[C]=O. The van der Waals surface area contributed by atoms with Crippen molar-refractivity contribution >= 4 is 6.47 Å². The zero-order valence-electron chi connectivity index (χ0n) is 6.42. The Balaban J connectivity index is 3.04. The normalized spacial score (nSPS) is 12.6. The molecule has 3 heteroatoms. The number of hydrogen-bond acceptors (Lipinski definition) is 3. The van der Waals surface area contributed by atoms with E-state index < -0.39 is 6.29 Å². The van der Waals surface area contributed by atoms with Gasteiger partial charge in [-0.2, -0.15) is 0 Å². The van der Waals surface area contributed by atoms with Gasteiger partial charge in [0.25, 0.3) is 0 Å². The minimum absolute atomic E-state index is 0.455. The molecule has 59 valence electrons. The van der Waals surface area contributed by atoms with Gasteiger partial charge in [-0.3, -0.25) is 0 Å². The maximum Gasteiger partial charge on any atom is 0.419 e. The van der Waals surface area contributed by atoms with Crippen molar-refractivity contribution in [3.8, 4) is 0 Å². The minimum Gasteiger partial charge on any atom is -0.428 e. The smallest absolute Gasteiger partial charge is 0.419 e. The molecule has 3 nitrogen and oxygen atoms in total. The van der Waals surface area contributed by atoms with Gasteiger partial charge in [-0.15, -0.1) is 0 Å². The molecule has 0 N–H and O–H groups in total. The van der Waals surface area contributed by atoms with E-state index in [4.69, 9.17) is 4.74 Å². The van der Waals surface area contributed by atoms with Crippen LogP contribution in [0.25, 0.3) is 0 Å². The quantitative estimate of drug-likeness (QED) is 0.416. The van der Waals surface area contributed by atoms with Crippen LogP contribution in [0.1, 0.15) is 26.7 Å². The molecule has 0 aromatic carbocycles. The Kier molecular flexibility index (Phi) is 6.18. The fourth-order valence-electron chi connectivity index (χ4n) is 0.495. The molecular weight excluding hydrogens is 132 g/mol. The Morgan fingerprint density at radius 3 is 2.80 bits per heavy atom. The summed E-state index contributed by atoms with van der Waals surface area (Å²) >= 11 is 0. The monoisotopic (exact) mass is 145 g/mol. The lowest BCUT2D eigenvalue weighted by atomic mass is 10.4. The van der Waals surface area contributed by atoms with Gasteiger partial charge in [0.15, 0.2) is 0 Å². The average Bonchev–Trinajstić information content (AvgIpc) is 1.89. The van der Waals surface area contributed by atoms with Crippen LogP contribution in [0.2, 0.25) is 0 Å². The molecule has 0 spiro atoms. The number of carbonyl (C=O) groups excluding carboxylic acids is 1. The first kappa shape index (κ1) is 9.43. The summed E-state index contributed by atoms with van der Waals surface area (Å²) in [6, 6.07) is 0. The summed E-state index contributed by atoms with van der Waals surface area (Å²) in [7, 11) is 0. The maximum absolute atomic E-state index is 9.62. The molecule has 0 saturated heterocycles. The van der Waals surface area contributed by atoms with E-state index in [-0.39, 0.29) is 0 Å². The zero-order valence-corrected chi connectivity index (χ0v) is 6.42. The molecule has 10 heavy (non-hydrogen) atoms. The molecule has 0 aliphatic heterocycles. The van der Waals surface area contributed by atoms with Crippen molar-refractivity contribution in [1.82, 2.24) is 0 Å². The summed E-state index contributed by atoms with van der Waals surface area (Å²) in [4.78, 5) is 9.62. The lowest BCUT2D eigenvalue weighted by Crippen LogP contribution is -2.12. The Morgan fingerprint density at radius 2 is 2.30 bits per heavy atom. The fraction of sp³-hybridized carbons (Fsp3) is 0.857. The molecular formula is C7H13O3. The van der Waals surface area contributed by atoms with Crippen molar-refractivity contribution < 1.29 is 14.3 Å². The van der Waals surface area contributed by atoms with Crippen molar-refractivity contribution in [2.45, 2.75) is 33.0 Å². The number of hydrogen-bond donors (Lipinski definition) is 0. The lowest BCUT2D eigenvalue weighted by molar-refractivity contribution is -0.0764. The molecule has 0 aromatic heterocycles. The second kappa shape index (κ2) is 6.55. The summed E-state index contributed by atoms with van der Waals surface area (Å²) in [5.74, 6) is 0. The summed E-state index contributed by atoms with van der Waals surface area (Å²) in [5.41, 5.74) is 0. The van der Waals surface area contributed by atoms with Crippen LogP contribution < -0.4 is 0 Å². The van der Waals surface area contributed by atoms with E-state index in [0.29, 0.717) is 6.61 Å². The molecule has 0 aromatic rings. The number of rotatable bonds is 6. The third kappa shape index (κ3) is 5.56. The molecule has 0 amide bonds. The second-order valence-electron chi connectivity index (χ2n) is 1.99. The highest BCUT2D eigenvalue weighted by atomic mass is 16.7. The summed E-state index contributed by atoms with van der Waals surface area (Å²) < 4.78 is 9.40. The predicted molar refractivity (Wildman–Crippen MR) is 37.1 cm³/mol. The van der Waals surface area contributed by atoms with Gasteiger partial charge >= 0.3 is 6.47 Å². The van der Waals surface area contributed by atoms with E-state index in [0.717, 1.165) is 12.8 Å². The van der Waals surface area contributed by atoms with E-state index in [2.05, 4.69) is 11.7 Å². The highest BCUT2D eigenvalue weighted by molar-refractivity contribution is 5.38. The first-order valence-electron chi connectivity index (χ1n) is 3.45. The largest absolute Gasteiger partial charge is 0.428 e. The summed E-state index contributed by atoms with van der Waals surface area (Å²) in [5, 5.41) is 0. The van der Waals surface area contributed by atoms with Crippen molar-refractivity contribution in [2.75, 3.05) is 6.61 Å². The van der Waals surface area contributed by atoms with Crippen LogP contribution in [0.3, 0.4) is 0 Å². The first-order valence-corrected chi connectivity index (χ1v) is 3.45. The van der Waals surface area contributed by atoms with Crippen LogP contribution >= 0.6 is 0 Å². The van der Waals surface area contributed by atoms with Gasteiger partial charge in [-0.1, -0.05) is 13.3 Å². The molecule has 0 saturated carbocycles. The molecule has 0 heterocycles. The van der Waals surface area contributed by atoms with Crippen LogP contribution in [0.15, 0.2) is 0 Å². The van der Waals surface area contributed by atoms with Crippen molar-refractivity contribution in [3.05, 3.63) is 0 Å². The average molecular weight is 145 g/mol. The van der Waals surface area contributed by atoms with Gasteiger partial charge in [0.05, 0.1) is 6.61 Å². The Bertz CT molecular complexity index is 82.9. The van der Waals surface area contributed by atoms with Crippen molar-refractivity contribution in [1.29, 1.82) is 0 Å². The third-order valence-corrected chi connectivity index (χ3v) is 1.06. The van der Waals surface area contributed by atoms with Gasteiger partial charge < -0.3 is 9.47 Å². The summed E-state index contributed by atoms with van der Waals surface area (Å²) in [6.45, 7) is 5.70. The first-order chi connectivity index (χ1) is 4.81. The van der Waals surface area contributed by atoms with Gasteiger partial charge in [0.1, 0.15) is 0 Å². The van der Waals surface area contributed by atoms with Gasteiger partial charge in [0.2, 0.25) is 6.29 Å². The van der Waals surface area contributed by atoms with Gasteiger partial charge in [-0.25, -0.2) is 4.79 Å². The summed E-state index contributed by atoms with van der Waals surface area (Å²) in [6.07, 6.45) is 1.62. The van der Waals surface area contributed by atoms with Crippen LogP contribution in [-0.2, 0) is 14.3 Å². The van der Waals surface area contributed by atoms with Crippen LogP contribution in [-0.4, -0.2) is 19.4 Å². The third-order valence-electron chi connectivity index (χ3n) is 1.06. The fourth-order valence-corrected chi connectivity index (χ4v) is 0.495. The van der Waals surface area contributed by atoms with Crippen LogP contribution in [0.4, 0.5) is 0 Å². The lowest BCUT2D eigenvalue weighted by Gasteiger charge is -2.08. The standard InChI is InChI=1S/C7H13O3/c1-3-4-5-9-7(2)10-6-8/h7H,3-5H2,1-2H3. The zero-order chi connectivity index (χ0) is 7.82. The van der Waals surface area contributed by atoms with Gasteiger partial charge in [0, 0.05) is 0 Å². The van der Waals surface area contributed by atoms with Crippen LogP contribution in [0, 0.1) is 0 Å². The highest BCUT2D eigenvalue weighted by Crippen LogP contribution is 1.94. The van der Waals surface area contributed by atoms with Crippen LogP contribution in [0.5, 0.6) is 0 Å². The number of unbranched alkanes of at least 4 members (excludes halogenated alkanes) is 1. The van der Waals surface area contributed by atoms with Crippen molar-refractivity contribution in [3.63, 3.8) is 0 Å². The molecule has 0 bridgehead atoms. The van der Waals surface area contributed by atoms with E-state index in [1.165, 1.54) is 6.47 Å². The molecule has 0 aliphatic carbocycles. The molecule has 0 rings (SSSR count). The van der Waals surface area contributed by atoms with E-state index in [1.807, 2.05) is 0 Å².